The number of nitrogens with one attached hydrogen (secondary N) is 1. The van der Waals surface area contributed by atoms with E-state index in [-0.39, 0.29) is 13.0 Å². The normalized spacial score (nSPS) is 12.9. The van der Waals surface area contributed by atoms with Gasteiger partial charge in [0, 0.05) is 0 Å². The van der Waals surface area contributed by atoms with Crippen molar-refractivity contribution in [1.82, 2.24) is 5.32 Å². The lowest BCUT2D eigenvalue weighted by Crippen LogP contribution is -2.41. The van der Waals surface area contributed by atoms with Crippen LogP contribution in [0.5, 0.6) is 0 Å². The first-order valence-corrected chi connectivity index (χ1v) is 9.80. The van der Waals surface area contributed by atoms with E-state index < -0.39 is 40.4 Å². The number of benzene rings is 1. The van der Waals surface area contributed by atoms with Crippen molar-refractivity contribution in [3.05, 3.63) is 35.9 Å². The second-order valence-electron chi connectivity index (χ2n) is 6.68. The van der Waals surface area contributed by atoms with Crippen LogP contribution in [0.1, 0.15) is 32.8 Å². The molecule has 8 nitrogen and oxygen atoms in total. The summed E-state index contributed by atoms with van der Waals surface area (Å²) in [6.45, 7) is 4.74. The van der Waals surface area contributed by atoms with Gasteiger partial charge < -0.3 is 14.8 Å². The Morgan fingerprint density at radius 3 is 2.31 bits per heavy atom. The number of amides is 1. The minimum absolute atomic E-state index is 0.0404. The molecule has 0 aromatic heterocycles. The molecule has 0 radical (unpaired) electrons. The predicted molar refractivity (Wildman–Crippen MR) is 94.8 cm³/mol. The molecular weight excluding hydrogens is 362 g/mol. The van der Waals surface area contributed by atoms with E-state index in [0.29, 0.717) is 0 Å². The van der Waals surface area contributed by atoms with Crippen LogP contribution in [0, 0.1) is 0 Å². The maximum absolute atomic E-state index is 11.9. The average Bonchev–Trinajstić information content (AvgIpc) is 2.49. The maximum atomic E-state index is 11.9. The molecule has 146 valence electrons. The van der Waals surface area contributed by atoms with Gasteiger partial charge in [0.25, 0.3) is 10.1 Å². The van der Waals surface area contributed by atoms with Gasteiger partial charge in [-0.25, -0.2) is 4.79 Å². The Bertz CT molecular complexity index is 696. The van der Waals surface area contributed by atoms with Crippen molar-refractivity contribution >= 4 is 22.2 Å². The molecule has 0 saturated heterocycles. The highest BCUT2D eigenvalue weighted by Gasteiger charge is 2.23. The van der Waals surface area contributed by atoms with Gasteiger partial charge in [0.2, 0.25) is 0 Å². The number of hydrogen-bond acceptors (Lipinski definition) is 7. The van der Waals surface area contributed by atoms with Crippen LogP contribution in [0.2, 0.25) is 0 Å². The summed E-state index contributed by atoms with van der Waals surface area (Å²) in [5, 5.41) is 2.43. The Morgan fingerprint density at radius 1 is 1.15 bits per heavy atom. The third-order valence-corrected chi connectivity index (χ3v) is 3.42. The molecule has 1 aromatic carbocycles. The van der Waals surface area contributed by atoms with Crippen molar-refractivity contribution in [2.45, 2.75) is 45.4 Å². The standard InChI is InChI=1S/C17H25NO7S/c1-17(2,3)25-15(19)10-14(12-24-26(4,21)22)18-16(20)23-11-13-8-6-5-7-9-13/h5-9,14H,10-12H2,1-4H3,(H,18,20)/t14-/m1/s1. The van der Waals surface area contributed by atoms with Gasteiger partial charge in [-0.3, -0.25) is 8.98 Å². The molecule has 0 heterocycles. The molecule has 9 heteroatoms. The van der Waals surface area contributed by atoms with Gasteiger partial charge in [-0.05, 0) is 26.3 Å². The van der Waals surface area contributed by atoms with Crippen molar-refractivity contribution in [2.75, 3.05) is 12.9 Å². The number of carbonyl (C=O) groups is 2. The van der Waals surface area contributed by atoms with Crippen LogP contribution < -0.4 is 5.32 Å². The summed E-state index contributed by atoms with van der Waals surface area (Å²) in [6, 6.07) is 8.12. The molecule has 1 rings (SSSR count). The fourth-order valence-corrected chi connectivity index (χ4v) is 2.28. The Morgan fingerprint density at radius 2 is 1.77 bits per heavy atom. The van der Waals surface area contributed by atoms with E-state index in [1.807, 2.05) is 18.2 Å². The van der Waals surface area contributed by atoms with E-state index in [1.165, 1.54) is 0 Å². The summed E-state index contributed by atoms with van der Waals surface area (Å²) < 4.78 is 37.2. The van der Waals surface area contributed by atoms with Crippen molar-refractivity contribution in [3.63, 3.8) is 0 Å². The summed E-state index contributed by atoms with van der Waals surface area (Å²) in [6.07, 6.45) is -0.169. The smallest absolute Gasteiger partial charge is 0.407 e. The summed E-state index contributed by atoms with van der Waals surface area (Å²) in [5.41, 5.74) is 0.0892. The van der Waals surface area contributed by atoms with Gasteiger partial charge in [-0.1, -0.05) is 30.3 Å². The number of ether oxygens (including phenoxy) is 2. The van der Waals surface area contributed by atoms with Crippen molar-refractivity contribution < 1.29 is 31.7 Å². The molecule has 1 N–H and O–H groups in total. The first-order valence-electron chi connectivity index (χ1n) is 7.98. The average molecular weight is 387 g/mol. The van der Waals surface area contributed by atoms with Crippen LogP contribution in [-0.2, 0) is 35.2 Å². The number of carbonyl (C=O) groups excluding carboxylic acids is 2. The Hall–Kier alpha value is -2.13. The molecule has 0 unspecified atom stereocenters. The SMILES string of the molecule is CC(C)(C)OC(=O)C[C@H](COS(C)(=O)=O)NC(=O)OCc1ccccc1. The summed E-state index contributed by atoms with van der Waals surface area (Å²) in [5.74, 6) is -0.594. The summed E-state index contributed by atoms with van der Waals surface area (Å²) in [4.78, 5) is 23.9. The molecule has 1 amide bonds. The number of esters is 1. The third kappa shape index (κ3) is 10.7. The van der Waals surface area contributed by atoms with Crippen LogP contribution in [0.4, 0.5) is 4.79 Å². The lowest BCUT2D eigenvalue weighted by atomic mass is 10.2. The van der Waals surface area contributed by atoms with Crippen LogP contribution in [0.15, 0.2) is 30.3 Å². The predicted octanol–water partition coefficient (Wildman–Crippen LogP) is 1.99. The Balaban J connectivity index is 2.61. The molecule has 0 aliphatic rings. The second-order valence-corrected chi connectivity index (χ2v) is 8.33. The van der Waals surface area contributed by atoms with Crippen LogP contribution in [0.25, 0.3) is 0 Å². The van der Waals surface area contributed by atoms with Gasteiger partial charge in [0.15, 0.2) is 0 Å². The Labute approximate surface area is 153 Å². The maximum Gasteiger partial charge on any atom is 0.407 e. The topological polar surface area (TPSA) is 108 Å². The van der Waals surface area contributed by atoms with E-state index in [9.17, 15) is 18.0 Å². The molecule has 0 bridgehead atoms. The highest BCUT2D eigenvalue weighted by Crippen LogP contribution is 2.10. The second kappa shape index (κ2) is 9.54. The van der Waals surface area contributed by atoms with Crippen LogP contribution >= 0.6 is 0 Å². The number of hydrogen-bond donors (Lipinski definition) is 1. The summed E-state index contributed by atoms with van der Waals surface area (Å²) in [7, 11) is -3.73. The highest BCUT2D eigenvalue weighted by atomic mass is 32.2. The molecule has 0 spiro atoms. The van der Waals surface area contributed by atoms with E-state index >= 15 is 0 Å². The monoisotopic (exact) mass is 387 g/mol. The zero-order valence-electron chi connectivity index (χ0n) is 15.4. The van der Waals surface area contributed by atoms with Crippen molar-refractivity contribution in [3.8, 4) is 0 Å². The summed E-state index contributed by atoms with van der Waals surface area (Å²) >= 11 is 0. The van der Waals surface area contributed by atoms with Gasteiger partial charge in [0.1, 0.15) is 12.2 Å². The van der Waals surface area contributed by atoms with Gasteiger partial charge in [-0.2, -0.15) is 8.42 Å². The minimum Gasteiger partial charge on any atom is -0.460 e. The minimum atomic E-state index is -3.73. The van der Waals surface area contributed by atoms with Gasteiger partial charge in [0.05, 0.1) is 25.3 Å². The molecule has 26 heavy (non-hydrogen) atoms. The highest BCUT2D eigenvalue weighted by molar-refractivity contribution is 7.85. The van der Waals surface area contributed by atoms with Crippen LogP contribution in [-0.4, -0.2) is 45.0 Å². The van der Waals surface area contributed by atoms with Crippen LogP contribution in [0.3, 0.4) is 0 Å². The van der Waals surface area contributed by atoms with Crippen molar-refractivity contribution in [1.29, 1.82) is 0 Å². The van der Waals surface area contributed by atoms with Crippen molar-refractivity contribution in [2.24, 2.45) is 0 Å². The first-order chi connectivity index (χ1) is 11.9. The largest absolute Gasteiger partial charge is 0.460 e. The number of rotatable bonds is 8. The quantitative estimate of drug-likeness (QED) is 0.537. The van der Waals surface area contributed by atoms with E-state index in [1.54, 1.807) is 32.9 Å². The fraction of sp³-hybridized carbons (Fsp3) is 0.529. The third-order valence-electron chi connectivity index (χ3n) is 2.85. The lowest BCUT2D eigenvalue weighted by molar-refractivity contribution is -0.155. The molecule has 1 aromatic rings. The van der Waals surface area contributed by atoms with Gasteiger partial charge in [-0.15, -0.1) is 0 Å². The molecule has 0 fully saturated rings. The number of alkyl carbamates (subject to hydrolysis) is 1. The fourth-order valence-electron chi connectivity index (χ4n) is 1.87. The van der Waals surface area contributed by atoms with E-state index in [4.69, 9.17) is 9.47 Å². The van der Waals surface area contributed by atoms with E-state index in [2.05, 4.69) is 9.50 Å². The first kappa shape index (κ1) is 21.9. The lowest BCUT2D eigenvalue weighted by Gasteiger charge is -2.22. The molecule has 0 aliphatic heterocycles. The Kier molecular flexibility index (Phi) is 8.04. The molecular formula is C17H25NO7S. The van der Waals surface area contributed by atoms with E-state index in [0.717, 1.165) is 11.8 Å². The zero-order chi connectivity index (χ0) is 19.8. The molecule has 1 atom stereocenters. The van der Waals surface area contributed by atoms with Gasteiger partial charge >= 0.3 is 12.1 Å². The molecule has 0 aliphatic carbocycles. The zero-order valence-corrected chi connectivity index (χ0v) is 16.2. The molecule has 0 saturated carbocycles.